The number of carbonyl (C=O) groups excluding carboxylic acids is 7. The number of ether oxygens (including phenoxy) is 6. The minimum absolute atomic E-state index is 0.0670. The van der Waals surface area contributed by atoms with Crippen LogP contribution in [0.1, 0.15) is 47.2 Å². The van der Waals surface area contributed by atoms with Gasteiger partial charge in [-0.25, -0.2) is 14.6 Å². The fraction of sp³-hybridized carbons (Fsp3) is 0.594. The fourth-order valence-electron chi connectivity index (χ4n) is 4.61. The van der Waals surface area contributed by atoms with Crippen LogP contribution in [0.15, 0.2) is 21.8 Å². The Morgan fingerprint density at radius 2 is 1.56 bits per heavy atom. The van der Waals surface area contributed by atoms with Crippen LogP contribution in [-0.2, 0) is 62.0 Å². The van der Waals surface area contributed by atoms with Crippen LogP contribution < -0.4 is 22.5 Å². The van der Waals surface area contributed by atoms with Crippen LogP contribution in [0.3, 0.4) is 0 Å². The molecule has 1 aromatic rings. The lowest BCUT2D eigenvalue weighted by molar-refractivity contribution is -0.173. The van der Waals surface area contributed by atoms with Crippen molar-refractivity contribution in [2.75, 3.05) is 38.4 Å². The molecule has 0 saturated carbocycles. The summed E-state index contributed by atoms with van der Waals surface area (Å²) >= 11 is 2.22. The van der Waals surface area contributed by atoms with Gasteiger partial charge < -0.3 is 55.8 Å². The number of anilines is 1. The second-order valence-corrected chi connectivity index (χ2v) is 14.7. The molecule has 0 radical (unpaired) electrons. The third-order valence-corrected chi connectivity index (χ3v) is 9.75. The minimum atomic E-state index is -1.64. The highest BCUT2D eigenvalue weighted by Gasteiger charge is 2.55. The lowest BCUT2D eigenvalue weighted by atomic mass is 10.0. The minimum Gasteiger partial charge on any atom is -0.461 e. The first-order chi connectivity index (χ1) is 25.9. The predicted molar refractivity (Wildman–Crippen MR) is 193 cm³/mol. The molecule has 3 heterocycles. The zero-order valence-electron chi connectivity index (χ0n) is 31.1. The number of nitrogens with zero attached hydrogens (tertiary/aromatic N) is 3. The maximum Gasteiger partial charge on any atom is 0.511 e. The summed E-state index contributed by atoms with van der Waals surface area (Å²) < 4.78 is 31.0. The molecule has 0 spiro atoms. The maximum absolute atomic E-state index is 13.6. The van der Waals surface area contributed by atoms with Gasteiger partial charge in [-0.05, 0) is 11.8 Å². The summed E-state index contributed by atoms with van der Waals surface area (Å²) in [5.74, 6) is -5.42. The average molecular weight is 816 g/mol. The Morgan fingerprint density at radius 1 is 0.964 bits per heavy atom. The van der Waals surface area contributed by atoms with E-state index in [1.165, 1.54) is 19.4 Å². The fourth-order valence-corrected chi connectivity index (χ4v) is 6.48. The van der Waals surface area contributed by atoms with Crippen molar-refractivity contribution in [1.82, 2.24) is 15.2 Å². The summed E-state index contributed by atoms with van der Waals surface area (Å²) in [7, 11) is 1.22. The normalized spacial score (nSPS) is 18.4. The molecule has 5 atom stereocenters. The van der Waals surface area contributed by atoms with E-state index in [-0.39, 0.29) is 52.0 Å². The van der Waals surface area contributed by atoms with Gasteiger partial charge >= 0.3 is 30.0 Å². The Morgan fingerprint density at radius 3 is 2.07 bits per heavy atom. The molecule has 3 rings (SSSR count). The molecule has 1 fully saturated rings. The van der Waals surface area contributed by atoms with Crippen LogP contribution in [0.25, 0.3) is 0 Å². The number of rotatable bonds is 18. The van der Waals surface area contributed by atoms with Crippen LogP contribution in [0.4, 0.5) is 9.93 Å². The molecule has 1 aromatic heterocycles. The van der Waals surface area contributed by atoms with Gasteiger partial charge in [-0.2, -0.15) is 0 Å². The van der Waals surface area contributed by atoms with Gasteiger partial charge in [0.1, 0.15) is 61.8 Å². The Hall–Kier alpha value is -5.00. The van der Waals surface area contributed by atoms with Crippen LogP contribution in [-0.4, -0.2) is 126 Å². The number of nitrogen functional groups attached to an aromatic ring is 1. The van der Waals surface area contributed by atoms with Gasteiger partial charge in [0, 0.05) is 30.6 Å². The van der Waals surface area contributed by atoms with Crippen LogP contribution in [0.2, 0.25) is 0 Å². The highest BCUT2D eigenvalue weighted by molar-refractivity contribution is 8.00. The lowest BCUT2D eigenvalue weighted by Crippen LogP contribution is -2.71. The standard InChI is InChI=1S/C32H45N7O14S2/c1-13(2)20(33)28(43)49-9-18(10-50-29(44)21(34)14(3)4)53-32(46)52-16(6)51-30(45)24-17(8-48-15(5)40)11-54-27-23(26(42)39(24)27)37-25(41)22(38-47-7)19-12-55-31(35)36-19/h12-14,16,18,20-21,23,27H,8-11,33-34H2,1-7H3,(H2,35,36)(H,37,41)/b38-22-/t16?,20-,21-,23+,27-/m0/s1. The number of carbonyl (C=O) groups is 7. The Kier molecular flexibility index (Phi) is 16.2. The zero-order chi connectivity index (χ0) is 41.1. The van der Waals surface area contributed by atoms with E-state index < -0.39 is 91.0 Å². The first kappa shape index (κ1) is 44.4. The number of thiazole rings is 1. The topological polar surface area (TPSA) is 303 Å². The Labute approximate surface area is 323 Å². The van der Waals surface area contributed by atoms with Crippen LogP contribution >= 0.6 is 23.1 Å². The van der Waals surface area contributed by atoms with Crippen molar-refractivity contribution < 1.29 is 66.8 Å². The van der Waals surface area contributed by atoms with Crippen molar-refractivity contribution in [2.45, 2.75) is 77.4 Å². The van der Waals surface area contributed by atoms with Gasteiger partial charge in [-0.1, -0.05) is 32.9 Å². The molecule has 1 saturated heterocycles. The Balaban J connectivity index is 1.72. The first-order valence-electron chi connectivity index (χ1n) is 16.7. The number of thioether (sulfide) groups is 1. The van der Waals surface area contributed by atoms with E-state index in [2.05, 4.69) is 15.5 Å². The average Bonchev–Trinajstić information content (AvgIpc) is 3.56. The summed E-state index contributed by atoms with van der Waals surface area (Å²) in [6.07, 6.45) is -4.44. The van der Waals surface area contributed by atoms with Crippen molar-refractivity contribution in [2.24, 2.45) is 28.5 Å². The molecule has 2 aliphatic heterocycles. The van der Waals surface area contributed by atoms with Crippen molar-refractivity contribution >= 4 is 75.8 Å². The number of fused-ring (bicyclic) bond motifs is 1. The largest absolute Gasteiger partial charge is 0.511 e. The SMILES string of the molecule is CO/N=C(\C(=O)N[C@@H]1C(=O)N2C(C(=O)OC(C)OC(=O)OC(COC(=O)[C@@H](N)C(C)C)COC(=O)[C@@H](N)C(C)C)=C(COC(C)=O)CS[C@@H]12)c1csc(N)n1. The van der Waals surface area contributed by atoms with Gasteiger partial charge in [-0.15, -0.1) is 23.1 Å². The summed E-state index contributed by atoms with van der Waals surface area (Å²) in [4.78, 5) is 99.1. The van der Waals surface area contributed by atoms with Gasteiger partial charge in [0.15, 0.2) is 16.9 Å². The molecule has 55 heavy (non-hydrogen) atoms. The third kappa shape index (κ3) is 12.0. The maximum atomic E-state index is 13.6. The number of nitrogens with two attached hydrogens (primary N) is 3. The number of aromatic nitrogens is 1. The van der Waals surface area contributed by atoms with Crippen LogP contribution in [0.5, 0.6) is 0 Å². The van der Waals surface area contributed by atoms with Crippen LogP contribution in [0, 0.1) is 11.8 Å². The van der Waals surface area contributed by atoms with Gasteiger partial charge in [0.25, 0.3) is 11.8 Å². The van der Waals surface area contributed by atoms with Gasteiger partial charge in [0.2, 0.25) is 6.29 Å². The molecule has 0 bridgehead atoms. The number of nitrogens with one attached hydrogen (secondary N) is 1. The summed E-state index contributed by atoms with van der Waals surface area (Å²) in [6.45, 7) is 7.56. The van der Waals surface area contributed by atoms with E-state index in [4.69, 9.17) is 50.5 Å². The number of hydrogen-bond donors (Lipinski definition) is 4. The molecular weight excluding hydrogens is 771 g/mol. The second kappa shape index (κ2) is 20.1. The zero-order valence-corrected chi connectivity index (χ0v) is 32.8. The van der Waals surface area contributed by atoms with E-state index in [1.54, 1.807) is 27.7 Å². The monoisotopic (exact) mass is 815 g/mol. The molecule has 0 aliphatic carbocycles. The quantitative estimate of drug-likeness (QED) is 0.0371. The molecule has 23 heteroatoms. The van der Waals surface area contributed by atoms with E-state index in [1.807, 2.05) is 0 Å². The molecule has 21 nitrogen and oxygen atoms in total. The van der Waals surface area contributed by atoms with E-state index in [9.17, 15) is 33.6 Å². The van der Waals surface area contributed by atoms with Crippen molar-refractivity contribution in [3.63, 3.8) is 0 Å². The number of amides is 2. The molecule has 2 aliphatic rings. The molecule has 7 N–H and O–H groups in total. The van der Waals surface area contributed by atoms with Crippen molar-refractivity contribution in [1.29, 1.82) is 0 Å². The summed E-state index contributed by atoms with van der Waals surface area (Å²) in [6, 6.07) is -3.11. The summed E-state index contributed by atoms with van der Waals surface area (Å²) in [5, 5.41) is 7.10. The predicted octanol–water partition coefficient (Wildman–Crippen LogP) is -0.243. The highest BCUT2D eigenvalue weighted by Crippen LogP contribution is 2.41. The lowest BCUT2D eigenvalue weighted by Gasteiger charge is -2.49. The van der Waals surface area contributed by atoms with E-state index in [0.717, 1.165) is 34.9 Å². The summed E-state index contributed by atoms with van der Waals surface area (Å²) in [5.41, 5.74) is 17.1. The van der Waals surface area contributed by atoms with Crippen molar-refractivity contribution in [3.8, 4) is 0 Å². The smallest absolute Gasteiger partial charge is 0.461 e. The molecular formula is C32H45N7O14S2. The Bertz CT molecular complexity index is 1650. The number of hydrogen-bond acceptors (Lipinski definition) is 21. The molecule has 0 aromatic carbocycles. The third-order valence-electron chi connectivity index (χ3n) is 7.74. The number of β-lactam (4-membered cyclic amide) rings is 1. The molecule has 2 amide bonds. The molecule has 1 unspecified atom stereocenters. The van der Waals surface area contributed by atoms with Gasteiger partial charge in [0.05, 0.1) is 0 Å². The second-order valence-electron chi connectivity index (χ2n) is 12.7. The van der Waals surface area contributed by atoms with Crippen molar-refractivity contribution in [3.05, 3.63) is 22.3 Å². The van der Waals surface area contributed by atoms with Gasteiger partial charge in [-0.3, -0.25) is 28.9 Å². The van der Waals surface area contributed by atoms with E-state index >= 15 is 0 Å². The first-order valence-corrected chi connectivity index (χ1v) is 18.6. The number of esters is 4. The van der Waals surface area contributed by atoms with E-state index in [0.29, 0.717) is 0 Å². The highest BCUT2D eigenvalue weighted by atomic mass is 32.2. The number of oxime groups is 1. The molecule has 304 valence electrons.